The van der Waals surface area contributed by atoms with Gasteiger partial charge in [0.1, 0.15) is 6.04 Å². The zero-order valence-corrected chi connectivity index (χ0v) is 15.7. The summed E-state index contributed by atoms with van der Waals surface area (Å²) in [6.07, 6.45) is 0.161. The van der Waals surface area contributed by atoms with Gasteiger partial charge in [-0.15, -0.1) is 0 Å². The highest BCUT2D eigenvalue weighted by atomic mass is 16.2. The van der Waals surface area contributed by atoms with Gasteiger partial charge in [-0.05, 0) is 18.6 Å². The molecule has 2 fully saturated rings. The average Bonchev–Trinajstić information content (AvgIpc) is 2.98. The maximum Gasteiger partial charge on any atom is 0.264 e. The Hall–Kier alpha value is -3.27. The van der Waals surface area contributed by atoms with Crippen LogP contribution >= 0.6 is 0 Å². The van der Waals surface area contributed by atoms with Crippen molar-refractivity contribution in [1.82, 2.24) is 20.4 Å². The third-order valence-corrected chi connectivity index (χ3v) is 5.37. The number of anilines is 1. The van der Waals surface area contributed by atoms with E-state index in [0.717, 1.165) is 18.0 Å². The summed E-state index contributed by atoms with van der Waals surface area (Å²) in [5.41, 5.74) is 0.703. The molecule has 29 heavy (non-hydrogen) atoms. The van der Waals surface area contributed by atoms with Crippen LogP contribution in [-0.4, -0.2) is 78.1 Å². The van der Waals surface area contributed by atoms with Gasteiger partial charge in [0.15, 0.2) is 0 Å². The molecular formula is C19H21N5O5. The fraction of sp³-hybridized carbons (Fsp3) is 0.421. The Kier molecular flexibility index (Phi) is 5.01. The van der Waals surface area contributed by atoms with E-state index < -0.39 is 29.7 Å². The van der Waals surface area contributed by atoms with Crippen LogP contribution in [-0.2, 0) is 14.4 Å². The molecule has 2 saturated heterocycles. The van der Waals surface area contributed by atoms with Crippen molar-refractivity contribution < 1.29 is 24.0 Å². The van der Waals surface area contributed by atoms with E-state index in [0.29, 0.717) is 18.8 Å². The maximum atomic E-state index is 13.0. The predicted octanol–water partition coefficient (Wildman–Crippen LogP) is -1.07. The van der Waals surface area contributed by atoms with Crippen LogP contribution < -0.4 is 16.0 Å². The minimum absolute atomic E-state index is 0.00363. The second-order valence-electron chi connectivity index (χ2n) is 7.16. The first-order valence-corrected chi connectivity index (χ1v) is 9.54. The summed E-state index contributed by atoms with van der Waals surface area (Å²) in [5.74, 6) is -2.34. The highest BCUT2D eigenvalue weighted by Crippen LogP contribution is 2.32. The van der Waals surface area contributed by atoms with Crippen LogP contribution in [0.2, 0.25) is 0 Å². The standard InChI is InChI=1S/C19H21N5O5/c25-14-5-4-13(17(27)22-14)24-18(28)11-2-1-3-12(16(11)19(24)29)21-10-15(26)23-8-6-20-7-9-23/h1-3,13,20-21H,4-10H2,(H,22,25,27). The summed E-state index contributed by atoms with van der Waals surface area (Å²) in [7, 11) is 0. The number of benzene rings is 1. The Morgan fingerprint density at radius 3 is 2.59 bits per heavy atom. The molecule has 1 aromatic carbocycles. The SMILES string of the molecule is O=C1CCC(N2C(=O)c3cccc(NCC(=O)N4CCNCC4)c3C2=O)C(=O)N1. The van der Waals surface area contributed by atoms with Crippen molar-refractivity contribution in [3.63, 3.8) is 0 Å². The lowest BCUT2D eigenvalue weighted by Gasteiger charge is -2.28. The first kappa shape index (κ1) is 19.1. The summed E-state index contributed by atoms with van der Waals surface area (Å²) >= 11 is 0. The minimum atomic E-state index is -1.02. The molecule has 1 atom stereocenters. The van der Waals surface area contributed by atoms with Gasteiger partial charge < -0.3 is 15.5 Å². The molecule has 3 aliphatic rings. The van der Waals surface area contributed by atoms with E-state index in [9.17, 15) is 24.0 Å². The second-order valence-corrected chi connectivity index (χ2v) is 7.16. The van der Waals surface area contributed by atoms with E-state index in [2.05, 4.69) is 16.0 Å². The molecule has 0 radical (unpaired) electrons. The van der Waals surface area contributed by atoms with Gasteiger partial charge in [-0.2, -0.15) is 0 Å². The van der Waals surface area contributed by atoms with Crippen LogP contribution in [0.25, 0.3) is 0 Å². The normalized spacial score (nSPS) is 21.9. The summed E-state index contributed by atoms with van der Waals surface area (Å²) in [5, 5.41) is 8.31. The maximum absolute atomic E-state index is 13.0. The van der Waals surface area contributed by atoms with Crippen LogP contribution in [0.5, 0.6) is 0 Å². The Morgan fingerprint density at radius 2 is 1.86 bits per heavy atom. The number of nitrogens with zero attached hydrogens (tertiary/aromatic N) is 2. The summed E-state index contributed by atoms with van der Waals surface area (Å²) in [4.78, 5) is 64.4. The topological polar surface area (TPSA) is 128 Å². The zero-order valence-electron chi connectivity index (χ0n) is 15.7. The fourth-order valence-corrected chi connectivity index (χ4v) is 3.86. The highest BCUT2D eigenvalue weighted by Gasteiger charge is 2.45. The average molecular weight is 399 g/mol. The van der Waals surface area contributed by atoms with Crippen LogP contribution in [0.3, 0.4) is 0 Å². The van der Waals surface area contributed by atoms with E-state index in [1.807, 2.05) is 0 Å². The molecule has 0 aromatic heterocycles. The first-order valence-electron chi connectivity index (χ1n) is 9.54. The van der Waals surface area contributed by atoms with E-state index in [-0.39, 0.29) is 36.4 Å². The van der Waals surface area contributed by atoms with Gasteiger partial charge in [-0.3, -0.25) is 34.2 Å². The van der Waals surface area contributed by atoms with Gasteiger partial charge in [0.05, 0.1) is 17.7 Å². The van der Waals surface area contributed by atoms with Gasteiger partial charge >= 0.3 is 0 Å². The number of carbonyl (C=O) groups excluding carboxylic acids is 5. The molecule has 1 aromatic rings. The number of piperazine rings is 1. The van der Waals surface area contributed by atoms with E-state index in [4.69, 9.17) is 0 Å². The molecular weight excluding hydrogens is 378 g/mol. The number of nitrogens with one attached hydrogen (secondary N) is 3. The Bertz CT molecular complexity index is 908. The highest BCUT2D eigenvalue weighted by molar-refractivity contribution is 6.25. The lowest BCUT2D eigenvalue weighted by atomic mass is 10.0. The summed E-state index contributed by atoms with van der Waals surface area (Å²) < 4.78 is 0. The molecule has 0 spiro atoms. The molecule has 5 amide bonds. The predicted molar refractivity (Wildman–Crippen MR) is 101 cm³/mol. The Balaban J connectivity index is 1.52. The molecule has 0 aliphatic carbocycles. The fourth-order valence-electron chi connectivity index (χ4n) is 3.86. The van der Waals surface area contributed by atoms with Crippen LogP contribution in [0.1, 0.15) is 33.6 Å². The second kappa shape index (κ2) is 7.63. The third-order valence-electron chi connectivity index (χ3n) is 5.37. The van der Waals surface area contributed by atoms with Crippen LogP contribution in [0.4, 0.5) is 5.69 Å². The van der Waals surface area contributed by atoms with Crippen molar-refractivity contribution in [1.29, 1.82) is 0 Å². The summed E-state index contributed by atoms with van der Waals surface area (Å²) in [6, 6.07) is 3.75. The minimum Gasteiger partial charge on any atom is -0.375 e. The molecule has 3 aliphatic heterocycles. The number of fused-ring (bicyclic) bond motifs is 1. The Morgan fingerprint density at radius 1 is 1.10 bits per heavy atom. The molecule has 10 heteroatoms. The van der Waals surface area contributed by atoms with Gasteiger partial charge in [0.2, 0.25) is 17.7 Å². The number of rotatable bonds is 4. The van der Waals surface area contributed by atoms with Gasteiger partial charge in [0, 0.05) is 38.3 Å². The molecule has 10 nitrogen and oxygen atoms in total. The number of imide groups is 2. The number of hydrogen-bond donors (Lipinski definition) is 3. The molecule has 3 heterocycles. The first-order chi connectivity index (χ1) is 14.0. The quantitative estimate of drug-likeness (QED) is 0.550. The smallest absolute Gasteiger partial charge is 0.264 e. The molecule has 152 valence electrons. The molecule has 0 bridgehead atoms. The van der Waals surface area contributed by atoms with Crippen molar-refractivity contribution >= 4 is 35.2 Å². The van der Waals surface area contributed by atoms with E-state index in [1.54, 1.807) is 17.0 Å². The van der Waals surface area contributed by atoms with Crippen LogP contribution in [0.15, 0.2) is 18.2 Å². The number of hydrogen-bond acceptors (Lipinski definition) is 7. The van der Waals surface area contributed by atoms with E-state index >= 15 is 0 Å². The molecule has 3 N–H and O–H groups in total. The van der Waals surface area contributed by atoms with Crippen molar-refractivity contribution in [2.75, 3.05) is 38.0 Å². The lowest BCUT2D eigenvalue weighted by molar-refractivity contribution is -0.136. The number of carbonyl (C=O) groups is 5. The van der Waals surface area contributed by atoms with Crippen molar-refractivity contribution in [3.8, 4) is 0 Å². The van der Waals surface area contributed by atoms with E-state index in [1.165, 1.54) is 6.07 Å². The molecule has 1 unspecified atom stereocenters. The van der Waals surface area contributed by atoms with Crippen LogP contribution in [0, 0.1) is 0 Å². The largest absolute Gasteiger partial charge is 0.375 e. The van der Waals surface area contributed by atoms with Crippen molar-refractivity contribution in [2.24, 2.45) is 0 Å². The third kappa shape index (κ3) is 3.46. The van der Waals surface area contributed by atoms with Gasteiger partial charge in [-0.1, -0.05) is 6.07 Å². The van der Waals surface area contributed by atoms with Crippen molar-refractivity contribution in [3.05, 3.63) is 29.3 Å². The Labute approximate surface area is 166 Å². The molecule has 0 saturated carbocycles. The zero-order chi connectivity index (χ0) is 20.5. The number of piperidine rings is 1. The van der Waals surface area contributed by atoms with Crippen molar-refractivity contribution in [2.45, 2.75) is 18.9 Å². The van der Waals surface area contributed by atoms with Gasteiger partial charge in [0.25, 0.3) is 11.8 Å². The number of amides is 5. The monoisotopic (exact) mass is 399 g/mol. The lowest BCUT2D eigenvalue weighted by Crippen LogP contribution is -2.54. The molecule has 4 rings (SSSR count). The summed E-state index contributed by atoms with van der Waals surface area (Å²) in [6.45, 7) is 2.71. The van der Waals surface area contributed by atoms with Gasteiger partial charge in [-0.25, -0.2) is 0 Å².